The van der Waals surface area contributed by atoms with Crippen LogP contribution in [0.15, 0.2) is 24.3 Å². The molecule has 2 heteroatoms. The second-order valence-electron chi connectivity index (χ2n) is 5.86. The Morgan fingerprint density at radius 2 is 1.67 bits per heavy atom. The van der Waals surface area contributed by atoms with E-state index >= 15 is 0 Å². The zero-order valence-corrected chi connectivity index (χ0v) is 12.0. The van der Waals surface area contributed by atoms with Gasteiger partial charge in [0.05, 0.1) is 7.11 Å². The van der Waals surface area contributed by atoms with Crippen LogP contribution in [0.3, 0.4) is 0 Å². The van der Waals surface area contributed by atoms with Crippen LogP contribution in [0.2, 0.25) is 0 Å². The third kappa shape index (κ3) is 2.38. The van der Waals surface area contributed by atoms with Gasteiger partial charge < -0.3 is 4.74 Å². The summed E-state index contributed by atoms with van der Waals surface area (Å²) < 4.78 is 5.26. The fourth-order valence-corrected chi connectivity index (χ4v) is 4.04. The van der Waals surface area contributed by atoms with Gasteiger partial charge in [-0.05, 0) is 48.3 Å². The second kappa shape index (κ2) is 5.52. The highest BCUT2D eigenvalue weighted by molar-refractivity contribution is 5.85. The van der Waals surface area contributed by atoms with Crippen LogP contribution in [0.25, 0.3) is 0 Å². The van der Waals surface area contributed by atoms with E-state index < -0.39 is 0 Å². The first-order valence-electron chi connectivity index (χ1n) is 6.97. The Bertz CT molecular complexity index is 375. The minimum absolute atomic E-state index is 0. The summed E-state index contributed by atoms with van der Waals surface area (Å²) in [5, 5.41) is 0. The molecule has 2 aliphatic carbocycles. The Morgan fingerprint density at radius 3 is 2.22 bits per heavy atom. The summed E-state index contributed by atoms with van der Waals surface area (Å²) in [4.78, 5) is 0. The first kappa shape index (κ1) is 13.7. The highest BCUT2D eigenvalue weighted by Gasteiger charge is 2.40. The highest BCUT2D eigenvalue weighted by Crippen LogP contribution is 2.50. The summed E-state index contributed by atoms with van der Waals surface area (Å²) in [5.41, 5.74) is 2.07. The van der Waals surface area contributed by atoms with E-state index in [0.717, 1.165) is 11.7 Å². The second-order valence-corrected chi connectivity index (χ2v) is 5.86. The summed E-state index contributed by atoms with van der Waals surface area (Å²) in [5.74, 6) is 1.98. The molecule has 18 heavy (non-hydrogen) atoms. The Morgan fingerprint density at radius 1 is 1.06 bits per heavy atom. The number of fused-ring (bicyclic) bond motifs is 2. The Hall–Kier alpha value is -0.690. The molecule has 2 fully saturated rings. The molecule has 2 bridgehead atoms. The maximum Gasteiger partial charge on any atom is 0.118 e. The molecule has 0 radical (unpaired) electrons. The lowest BCUT2D eigenvalue weighted by molar-refractivity contribution is 0.149. The molecule has 3 rings (SSSR count). The number of halogens is 1. The molecule has 1 aromatic rings. The van der Waals surface area contributed by atoms with Crippen LogP contribution in [0.4, 0.5) is 0 Å². The van der Waals surface area contributed by atoms with Crippen molar-refractivity contribution in [1.29, 1.82) is 0 Å². The number of ether oxygens (including phenoxy) is 1. The lowest BCUT2D eigenvalue weighted by Gasteiger charge is -2.45. The van der Waals surface area contributed by atoms with Gasteiger partial charge in [0.2, 0.25) is 0 Å². The summed E-state index contributed by atoms with van der Waals surface area (Å²) in [6.45, 7) is 0. The predicted octanol–water partition coefficient (Wildman–Crippen LogP) is 4.73. The van der Waals surface area contributed by atoms with E-state index in [0.29, 0.717) is 5.41 Å². The van der Waals surface area contributed by atoms with E-state index in [1.165, 1.54) is 44.9 Å². The average molecular weight is 267 g/mol. The SMILES string of the molecule is COc1ccc(C23CCCC(CCC2)C3)cc1.Cl. The fraction of sp³-hybridized carbons (Fsp3) is 0.625. The third-order valence-corrected chi connectivity index (χ3v) is 4.92. The summed E-state index contributed by atoms with van der Waals surface area (Å²) in [6.07, 6.45) is 10.0. The van der Waals surface area contributed by atoms with Crippen molar-refractivity contribution in [3.63, 3.8) is 0 Å². The van der Waals surface area contributed by atoms with Crippen LogP contribution >= 0.6 is 12.4 Å². The van der Waals surface area contributed by atoms with Gasteiger partial charge in [-0.1, -0.05) is 37.8 Å². The third-order valence-electron chi connectivity index (χ3n) is 4.92. The molecule has 1 nitrogen and oxygen atoms in total. The highest BCUT2D eigenvalue weighted by atomic mass is 35.5. The van der Waals surface area contributed by atoms with Crippen LogP contribution in [0, 0.1) is 5.92 Å². The lowest BCUT2D eigenvalue weighted by Crippen LogP contribution is -2.36. The van der Waals surface area contributed by atoms with Crippen LogP contribution in [-0.2, 0) is 5.41 Å². The van der Waals surface area contributed by atoms with E-state index in [1.807, 2.05) is 0 Å². The standard InChI is InChI=1S/C16H22O.ClH/c1-17-15-8-6-14(7-9-15)16-10-2-4-13(12-16)5-3-11-16;/h6-9,13H,2-5,10-12H2,1H3;1H. The summed E-state index contributed by atoms with van der Waals surface area (Å²) in [6, 6.07) is 8.85. The number of hydrogen-bond donors (Lipinski definition) is 0. The molecular weight excluding hydrogens is 244 g/mol. The number of rotatable bonds is 2. The van der Waals surface area contributed by atoms with Gasteiger partial charge in [-0.3, -0.25) is 0 Å². The Balaban J connectivity index is 0.00000120. The zero-order chi connectivity index (χ0) is 11.7. The molecule has 2 saturated carbocycles. The predicted molar refractivity (Wildman–Crippen MR) is 77.7 cm³/mol. The maximum absolute atomic E-state index is 5.26. The van der Waals surface area contributed by atoms with Crippen molar-refractivity contribution in [2.24, 2.45) is 5.92 Å². The molecule has 100 valence electrons. The quantitative estimate of drug-likeness (QED) is 0.752. The molecule has 0 heterocycles. The van der Waals surface area contributed by atoms with Crippen LogP contribution in [0.1, 0.15) is 50.5 Å². The van der Waals surface area contributed by atoms with E-state index in [9.17, 15) is 0 Å². The van der Waals surface area contributed by atoms with E-state index in [2.05, 4.69) is 24.3 Å². The van der Waals surface area contributed by atoms with Gasteiger partial charge in [0.25, 0.3) is 0 Å². The molecule has 0 spiro atoms. The molecule has 0 atom stereocenters. The Kier molecular flexibility index (Phi) is 4.21. The van der Waals surface area contributed by atoms with Crippen molar-refractivity contribution >= 4 is 12.4 Å². The smallest absolute Gasteiger partial charge is 0.118 e. The van der Waals surface area contributed by atoms with Crippen molar-refractivity contribution in [2.45, 2.75) is 50.4 Å². The molecule has 0 amide bonds. The normalized spacial score (nSPS) is 30.4. The lowest BCUT2D eigenvalue weighted by atomic mass is 9.59. The van der Waals surface area contributed by atoms with E-state index in [1.54, 1.807) is 12.7 Å². The van der Waals surface area contributed by atoms with E-state index in [-0.39, 0.29) is 12.4 Å². The fourth-order valence-electron chi connectivity index (χ4n) is 4.04. The van der Waals surface area contributed by atoms with Gasteiger partial charge in [0.1, 0.15) is 5.75 Å². The first-order valence-corrected chi connectivity index (χ1v) is 6.97. The maximum atomic E-state index is 5.26. The van der Waals surface area contributed by atoms with Crippen molar-refractivity contribution in [3.05, 3.63) is 29.8 Å². The molecule has 0 aliphatic heterocycles. The van der Waals surface area contributed by atoms with Gasteiger partial charge in [-0.2, -0.15) is 0 Å². The summed E-state index contributed by atoms with van der Waals surface area (Å²) in [7, 11) is 1.74. The number of benzene rings is 1. The average Bonchev–Trinajstić information content (AvgIpc) is 2.39. The first-order chi connectivity index (χ1) is 8.32. The topological polar surface area (TPSA) is 9.23 Å². The minimum atomic E-state index is 0. The monoisotopic (exact) mass is 266 g/mol. The van der Waals surface area contributed by atoms with Gasteiger partial charge in [0.15, 0.2) is 0 Å². The van der Waals surface area contributed by atoms with Crippen LogP contribution < -0.4 is 4.74 Å². The Labute approximate surface area is 116 Å². The molecular formula is C16H23ClO. The zero-order valence-electron chi connectivity index (χ0n) is 11.2. The molecule has 2 aliphatic rings. The molecule has 0 unspecified atom stereocenters. The largest absolute Gasteiger partial charge is 0.497 e. The van der Waals surface area contributed by atoms with Crippen molar-refractivity contribution < 1.29 is 4.74 Å². The van der Waals surface area contributed by atoms with Crippen molar-refractivity contribution in [3.8, 4) is 5.75 Å². The van der Waals surface area contributed by atoms with Crippen LogP contribution in [-0.4, -0.2) is 7.11 Å². The van der Waals surface area contributed by atoms with Gasteiger partial charge in [0, 0.05) is 0 Å². The number of hydrogen-bond acceptors (Lipinski definition) is 1. The molecule has 0 saturated heterocycles. The summed E-state index contributed by atoms with van der Waals surface area (Å²) >= 11 is 0. The molecule has 0 aromatic heterocycles. The van der Waals surface area contributed by atoms with Crippen molar-refractivity contribution in [1.82, 2.24) is 0 Å². The van der Waals surface area contributed by atoms with Gasteiger partial charge in [-0.25, -0.2) is 0 Å². The van der Waals surface area contributed by atoms with Crippen molar-refractivity contribution in [2.75, 3.05) is 7.11 Å². The molecule has 1 aromatic carbocycles. The van der Waals surface area contributed by atoms with Crippen LogP contribution in [0.5, 0.6) is 5.75 Å². The number of methoxy groups -OCH3 is 1. The van der Waals surface area contributed by atoms with E-state index in [4.69, 9.17) is 4.74 Å². The molecule has 0 N–H and O–H groups in total. The van der Waals surface area contributed by atoms with Gasteiger partial charge in [-0.15, -0.1) is 12.4 Å². The van der Waals surface area contributed by atoms with Gasteiger partial charge >= 0.3 is 0 Å². The minimum Gasteiger partial charge on any atom is -0.497 e.